The number of unbranched alkanes of at least 4 members (excludes halogenated alkanes) is 21. The summed E-state index contributed by atoms with van der Waals surface area (Å²) in [5.41, 5.74) is 0. The number of ether oxygens (including phenoxy) is 2. The number of hydrogen-bond acceptors (Lipinski definition) is 11. The fraction of sp³-hybridized carbons (Fsp3) is 0.880. The Morgan fingerprint density at radius 1 is 0.698 bits per heavy atom. The lowest BCUT2D eigenvalue weighted by Gasteiger charge is -2.28. The summed E-state index contributed by atoms with van der Waals surface area (Å²) in [5, 5.41) is 31.4. The number of phosphoric ester groups is 1. The second-order valence-electron chi connectivity index (χ2n) is 19.2. The number of rotatable bonds is 42. The third-order valence-corrected chi connectivity index (χ3v) is 13.0. The summed E-state index contributed by atoms with van der Waals surface area (Å²) in [6, 6.07) is 0. The molecule has 1 aliphatic carbocycles. The molecule has 0 saturated heterocycles. The van der Waals surface area contributed by atoms with Crippen molar-refractivity contribution in [1.82, 2.24) is 0 Å². The van der Waals surface area contributed by atoms with E-state index in [9.17, 15) is 34.4 Å². The van der Waals surface area contributed by atoms with Crippen molar-refractivity contribution in [2.45, 2.75) is 224 Å². The Balaban J connectivity index is 2.41. The molecule has 1 aliphatic rings. The first-order valence-electron chi connectivity index (χ1n) is 25.3. The normalized spacial score (nSPS) is 20.1. The van der Waals surface area contributed by atoms with Gasteiger partial charge in [-0.15, -0.1) is 0 Å². The fourth-order valence-corrected chi connectivity index (χ4v) is 8.73. The minimum absolute atomic E-state index is 0.0508. The molecule has 1 unspecified atom stereocenters. The molecule has 63 heavy (non-hydrogen) atoms. The average molecular weight is 916 g/mol. The second kappa shape index (κ2) is 37.5. The predicted octanol–water partition coefficient (Wildman–Crippen LogP) is 10.4. The van der Waals surface area contributed by atoms with Gasteiger partial charge in [-0.25, -0.2) is 0 Å². The molecule has 370 valence electrons. The van der Waals surface area contributed by atoms with Gasteiger partial charge < -0.3 is 43.2 Å². The first-order chi connectivity index (χ1) is 30.2. The van der Waals surface area contributed by atoms with E-state index >= 15 is 0 Å². The molecule has 0 amide bonds. The lowest BCUT2D eigenvalue weighted by Crippen LogP contribution is -2.37. The van der Waals surface area contributed by atoms with Gasteiger partial charge >= 0.3 is 11.9 Å². The topological polar surface area (TPSA) is 172 Å². The molecule has 0 aromatic carbocycles. The van der Waals surface area contributed by atoms with Crippen LogP contribution in [0.3, 0.4) is 0 Å². The van der Waals surface area contributed by atoms with Crippen LogP contribution in [0.2, 0.25) is 0 Å². The minimum atomic E-state index is -4.70. The Labute approximate surface area is 384 Å². The van der Waals surface area contributed by atoms with E-state index in [1.165, 1.54) is 96.3 Å². The van der Waals surface area contributed by atoms with Gasteiger partial charge in [0.15, 0.2) is 6.10 Å². The number of aliphatic hydroxyl groups excluding tert-OH is 3. The zero-order valence-corrected chi connectivity index (χ0v) is 41.5. The minimum Gasteiger partial charge on any atom is -0.756 e. The Morgan fingerprint density at radius 3 is 1.78 bits per heavy atom. The zero-order chi connectivity index (χ0) is 46.6. The second-order valence-corrected chi connectivity index (χ2v) is 20.6. The van der Waals surface area contributed by atoms with Crippen LogP contribution < -0.4 is 4.89 Å². The van der Waals surface area contributed by atoms with Crippen molar-refractivity contribution in [3.63, 3.8) is 0 Å². The highest BCUT2D eigenvalue weighted by Crippen LogP contribution is 2.39. The number of nitrogens with zero attached hydrogens (tertiary/aromatic N) is 1. The molecule has 1 rings (SSSR count). The van der Waals surface area contributed by atoms with E-state index < -0.39 is 50.8 Å². The molecule has 0 heterocycles. The number of aliphatic hydroxyl groups is 3. The van der Waals surface area contributed by atoms with Crippen LogP contribution in [-0.4, -0.2) is 104 Å². The Bertz CT molecular complexity index is 1240. The zero-order valence-electron chi connectivity index (χ0n) is 40.6. The summed E-state index contributed by atoms with van der Waals surface area (Å²) >= 11 is 0. The van der Waals surface area contributed by atoms with Crippen LogP contribution in [0.5, 0.6) is 0 Å². The van der Waals surface area contributed by atoms with Crippen LogP contribution in [0.25, 0.3) is 0 Å². The van der Waals surface area contributed by atoms with Gasteiger partial charge in [-0.05, 0) is 38.0 Å². The first-order valence-corrected chi connectivity index (χ1v) is 26.8. The highest BCUT2D eigenvalue weighted by Gasteiger charge is 2.39. The molecule has 7 atom stereocenters. The molecule has 0 spiro atoms. The van der Waals surface area contributed by atoms with Gasteiger partial charge in [0.05, 0.1) is 46.1 Å². The van der Waals surface area contributed by atoms with E-state index in [-0.39, 0.29) is 44.3 Å². The molecule has 0 bridgehead atoms. The van der Waals surface area contributed by atoms with Gasteiger partial charge in [0.1, 0.15) is 19.8 Å². The van der Waals surface area contributed by atoms with Crippen molar-refractivity contribution < 1.29 is 57.4 Å². The maximum absolute atomic E-state index is 12.8. The van der Waals surface area contributed by atoms with Gasteiger partial charge in [0.2, 0.25) is 0 Å². The molecule has 1 saturated carbocycles. The molecule has 0 aromatic rings. The maximum atomic E-state index is 12.8. The number of carbonyl (C=O) groups excluding carboxylic acids is 2. The largest absolute Gasteiger partial charge is 0.756 e. The van der Waals surface area contributed by atoms with Crippen molar-refractivity contribution in [2.24, 2.45) is 11.8 Å². The van der Waals surface area contributed by atoms with Crippen LogP contribution in [0.15, 0.2) is 24.3 Å². The molecule has 12 nitrogen and oxygen atoms in total. The van der Waals surface area contributed by atoms with Crippen LogP contribution >= 0.6 is 7.82 Å². The third kappa shape index (κ3) is 34.4. The number of phosphoric acid groups is 1. The smallest absolute Gasteiger partial charge is 0.306 e. The monoisotopic (exact) mass is 916 g/mol. The Hall–Kier alpha value is -1.63. The van der Waals surface area contributed by atoms with Gasteiger partial charge in [-0.2, -0.15) is 0 Å². The first kappa shape index (κ1) is 59.4. The number of carbonyl (C=O) groups is 2. The van der Waals surface area contributed by atoms with E-state index in [0.717, 1.165) is 38.5 Å². The Kier molecular flexibility index (Phi) is 35.3. The lowest BCUT2D eigenvalue weighted by atomic mass is 9.89. The van der Waals surface area contributed by atoms with E-state index in [2.05, 4.69) is 13.8 Å². The summed E-state index contributed by atoms with van der Waals surface area (Å²) in [5.74, 6) is -1.44. The van der Waals surface area contributed by atoms with Crippen LogP contribution in [0, 0.1) is 11.8 Å². The number of quaternary nitrogens is 1. The van der Waals surface area contributed by atoms with Gasteiger partial charge in [-0.3, -0.25) is 14.2 Å². The summed E-state index contributed by atoms with van der Waals surface area (Å²) in [4.78, 5) is 37.9. The fourth-order valence-electron chi connectivity index (χ4n) is 8.00. The van der Waals surface area contributed by atoms with E-state index in [0.29, 0.717) is 43.1 Å². The van der Waals surface area contributed by atoms with Crippen LogP contribution in [-0.2, 0) is 32.7 Å². The standard InChI is InChI=1S/C50H94NO11P/c1-6-8-10-11-12-13-14-15-16-17-18-19-20-21-22-23-24-25-30-34-49(55)59-41-44(42-61-63(57,58)60-39-38-51(3,4)5)62-50(56)35-31-27-26-29-33-45-46(48(54)40-47(45)53)37-36-43(52)32-28-9-7-2/h26,29,36-37,43-48,52-54H,6-25,27-28,30-35,38-42H2,1-5H3/b29-26+,37-36+/t43-,44+,45+,46+,47-,48+/m0/s1. The highest BCUT2D eigenvalue weighted by atomic mass is 31.2. The molecular weight excluding hydrogens is 822 g/mol. The van der Waals surface area contributed by atoms with E-state index in [4.69, 9.17) is 18.5 Å². The van der Waals surface area contributed by atoms with Crippen LogP contribution in [0.4, 0.5) is 0 Å². The van der Waals surface area contributed by atoms with Gasteiger partial charge in [-0.1, -0.05) is 173 Å². The molecule has 13 heteroatoms. The van der Waals surface area contributed by atoms with Gasteiger partial charge in [0, 0.05) is 25.2 Å². The summed E-state index contributed by atoms with van der Waals surface area (Å²) in [6.45, 7) is 3.87. The summed E-state index contributed by atoms with van der Waals surface area (Å²) in [7, 11) is 1.02. The molecule has 0 aromatic heterocycles. The summed E-state index contributed by atoms with van der Waals surface area (Å²) in [6.07, 6.45) is 34.4. The van der Waals surface area contributed by atoms with Crippen molar-refractivity contribution in [2.75, 3.05) is 47.5 Å². The quantitative estimate of drug-likeness (QED) is 0.0175. The van der Waals surface area contributed by atoms with E-state index in [1.54, 1.807) is 6.08 Å². The van der Waals surface area contributed by atoms with Crippen LogP contribution in [0.1, 0.15) is 200 Å². The number of hydrogen-bond donors (Lipinski definition) is 3. The molecule has 0 aliphatic heterocycles. The van der Waals surface area contributed by atoms with Gasteiger partial charge in [0.25, 0.3) is 7.82 Å². The lowest BCUT2D eigenvalue weighted by molar-refractivity contribution is -0.870. The third-order valence-electron chi connectivity index (χ3n) is 12.0. The SMILES string of the molecule is CCCCCCCCCCCCCCCCCCCCCC(=O)OC[C@H](COP(=O)([O-])OCC[N+](C)(C)C)OC(=O)CCC/C=C/C[C@@H]1[C@@H](/C=C/[C@@H](O)CCCCC)[C@H](O)C[C@@H]1O. The molecule has 3 N–H and O–H groups in total. The van der Waals surface area contributed by atoms with Crippen molar-refractivity contribution in [3.05, 3.63) is 24.3 Å². The predicted molar refractivity (Wildman–Crippen MR) is 252 cm³/mol. The molecular formula is C50H94NO11P. The number of esters is 2. The summed E-state index contributed by atoms with van der Waals surface area (Å²) < 4.78 is 34.0. The van der Waals surface area contributed by atoms with E-state index in [1.807, 2.05) is 39.4 Å². The average Bonchev–Trinajstić information content (AvgIpc) is 3.50. The number of allylic oxidation sites excluding steroid dienone is 2. The molecule has 1 fully saturated rings. The Morgan fingerprint density at radius 2 is 1.22 bits per heavy atom. The maximum Gasteiger partial charge on any atom is 0.306 e. The highest BCUT2D eigenvalue weighted by molar-refractivity contribution is 7.45. The van der Waals surface area contributed by atoms with Crippen molar-refractivity contribution in [1.29, 1.82) is 0 Å². The molecule has 0 radical (unpaired) electrons. The van der Waals surface area contributed by atoms with Crippen molar-refractivity contribution >= 4 is 19.8 Å². The van der Waals surface area contributed by atoms with Crippen molar-refractivity contribution in [3.8, 4) is 0 Å². The number of likely N-dealkylation sites (N-methyl/N-ethyl adjacent to an activating group) is 1.